The summed E-state index contributed by atoms with van der Waals surface area (Å²) >= 11 is 0. The SMILES string of the molecule is COCCC(C)(C)CNC(C)c1ccc(OCC#N)cc1. The molecule has 0 aliphatic carbocycles. The maximum Gasteiger partial charge on any atom is 0.174 e. The van der Waals surface area contributed by atoms with E-state index in [2.05, 4.69) is 26.1 Å². The third kappa shape index (κ3) is 6.61. The first kappa shape index (κ1) is 17.5. The van der Waals surface area contributed by atoms with Crippen molar-refractivity contribution >= 4 is 0 Å². The van der Waals surface area contributed by atoms with E-state index in [-0.39, 0.29) is 18.1 Å². The number of nitrogens with zero attached hydrogens (tertiary/aromatic N) is 1. The molecule has 21 heavy (non-hydrogen) atoms. The quantitative estimate of drug-likeness (QED) is 0.758. The number of hydrogen-bond acceptors (Lipinski definition) is 4. The van der Waals surface area contributed by atoms with Crippen LogP contribution in [0.5, 0.6) is 5.75 Å². The summed E-state index contributed by atoms with van der Waals surface area (Å²) in [6, 6.07) is 10.1. The van der Waals surface area contributed by atoms with Gasteiger partial charge in [-0.05, 0) is 36.5 Å². The summed E-state index contributed by atoms with van der Waals surface area (Å²) in [5, 5.41) is 12.0. The zero-order chi connectivity index (χ0) is 15.7. The van der Waals surface area contributed by atoms with Gasteiger partial charge >= 0.3 is 0 Å². The van der Waals surface area contributed by atoms with Gasteiger partial charge in [0.15, 0.2) is 6.61 Å². The first-order valence-corrected chi connectivity index (χ1v) is 7.30. The molecule has 0 aliphatic heterocycles. The summed E-state index contributed by atoms with van der Waals surface area (Å²) < 4.78 is 10.4. The monoisotopic (exact) mass is 290 g/mol. The van der Waals surface area contributed by atoms with Crippen molar-refractivity contribution in [3.63, 3.8) is 0 Å². The molecule has 1 rings (SSSR count). The lowest BCUT2D eigenvalue weighted by molar-refractivity contribution is 0.149. The Morgan fingerprint density at radius 2 is 1.95 bits per heavy atom. The van der Waals surface area contributed by atoms with Gasteiger partial charge in [0.1, 0.15) is 11.8 Å². The molecule has 0 aliphatic rings. The third-order valence-electron chi connectivity index (χ3n) is 3.55. The van der Waals surface area contributed by atoms with E-state index in [1.54, 1.807) is 7.11 Å². The largest absolute Gasteiger partial charge is 0.479 e. The summed E-state index contributed by atoms with van der Waals surface area (Å²) in [4.78, 5) is 0. The van der Waals surface area contributed by atoms with Crippen molar-refractivity contribution in [1.29, 1.82) is 5.26 Å². The lowest BCUT2D eigenvalue weighted by Crippen LogP contribution is -2.32. The van der Waals surface area contributed by atoms with E-state index >= 15 is 0 Å². The number of rotatable bonds is 9. The van der Waals surface area contributed by atoms with Crippen LogP contribution < -0.4 is 10.1 Å². The van der Waals surface area contributed by atoms with E-state index in [1.807, 2.05) is 30.3 Å². The first-order valence-electron chi connectivity index (χ1n) is 7.30. The highest BCUT2D eigenvalue weighted by Crippen LogP contribution is 2.22. The highest BCUT2D eigenvalue weighted by Gasteiger charge is 2.18. The van der Waals surface area contributed by atoms with Gasteiger partial charge in [-0.2, -0.15) is 5.26 Å². The predicted molar refractivity (Wildman–Crippen MR) is 84.2 cm³/mol. The molecular weight excluding hydrogens is 264 g/mol. The minimum absolute atomic E-state index is 0.0842. The molecule has 0 bridgehead atoms. The molecule has 1 unspecified atom stereocenters. The van der Waals surface area contributed by atoms with E-state index in [1.165, 1.54) is 5.56 Å². The Morgan fingerprint density at radius 1 is 1.29 bits per heavy atom. The Balaban J connectivity index is 2.48. The third-order valence-corrected chi connectivity index (χ3v) is 3.55. The van der Waals surface area contributed by atoms with Crippen LogP contribution in [0, 0.1) is 16.7 Å². The zero-order valence-electron chi connectivity index (χ0n) is 13.5. The summed E-state index contributed by atoms with van der Waals surface area (Å²) in [5.74, 6) is 0.730. The number of benzene rings is 1. The van der Waals surface area contributed by atoms with Crippen LogP contribution in [0.3, 0.4) is 0 Å². The molecule has 4 heteroatoms. The van der Waals surface area contributed by atoms with Gasteiger partial charge in [-0.1, -0.05) is 26.0 Å². The molecule has 0 aromatic heterocycles. The van der Waals surface area contributed by atoms with Gasteiger partial charge in [-0.3, -0.25) is 0 Å². The second-order valence-electron chi connectivity index (χ2n) is 6.03. The standard InChI is InChI=1S/C17H26N2O2/c1-14(19-13-17(2,3)9-11-20-4)15-5-7-16(8-6-15)21-12-10-18/h5-8,14,19H,9,11-13H2,1-4H3. The highest BCUT2D eigenvalue weighted by atomic mass is 16.5. The van der Waals surface area contributed by atoms with Crippen LogP contribution in [-0.2, 0) is 4.74 Å². The molecule has 0 heterocycles. The molecule has 1 N–H and O–H groups in total. The maximum atomic E-state index is 8.48. The molecule has 1 aromatic carbocycles. The van der Waals surface area contributed by atoms with E-state index in [4.69, 9.17) is 14.7 Å². The molecule has 0 amide bonds. The van der Waals surface area contributed by atoms with Crippen LogP contribution in [0.4, 0.5) is 0 Å². The summed E-state index contributed by atoms with van der Waals surface area (Å²) in [5.41, 5.74) is 1.42. The molecule has 0 saturated heterocycles. The fraction of sp³-hybridized carbons (Fsp3) is 0.588. The topological polar surface area (TPSA) is 54.3 Å². The molecule has 0 fully saturated rings. The van der Waals surface area contributed by atoms with Crippen LogP contribution in [0.15, 0.2) is 24.3 Å². The molecular formula is C17H26N2O2. The highest BCUT2D eigenvalue weighted by molar-refractivity contribution is 5.29. The van der Waals surface area contributed by atoms with Crippen molar-refractivity contribution in [1.82, 2.24) is 5.32 Å². The summed E-state index contributed by atoms with van der Waals surface area (Å²) in [7, 11) is 1.74. The average Bonchev–Trinajstić information content (AvgIpc) is 2.49. The van der Waals surface area contributed by atoms with E-state index < -0.39 is 0 Å². The molecule has 4 nitrogen and oxygen atoms in total. The van der Waals surface area contributed by atoms with Crippen molar-refractivity contribution in [3.05, 3.63) is 29.8 Å². The molecule has 116 valence electrons. The second kappa shape index (κ2) is 8.66. The minimum Gasteiger partial charge on any atom is -0.479 e. The van der Waals surface area contributed by atoms with Crippen molar-refractivity contribution in [2.24, 2.45) is 5.41 Å². The van der Waals surface area contributed by atoms with Gasteiger partial charge in [-0.25, -0.2) is 0 Å². The Morgan fingerprint density at radius 3 is 2.52 bits per heavy atom. The van der Waals surface area contributed by atoms with Crippen molar-refractivity contribution in [3.8, 4) is 11.8 Å². The van der Waals surface area contributed by atoms with Gasteiger partial charge in [-0.15, -0.1) is 0 Å². The second-order valence-corrected chi connectivity index (χ2v) is 6.03. The van der Waals surface area contributed by atoms with Crippen molar-refractivity contribution in [2.75, 3.05) is 26.9 Å². The average molecular weight is 290 g/mol. The van der Waals surface area contributed by atoms with Crippen LogP contribution in [0.2, 0.25) is 0 Å². The van der Waals surface area contributed by atoms with Crippen LogP contribution in [0.25, 0.3) is 0 Å². The number of ether oxygens (including phenoxy) is 2. The number of nitriles is 1. The Hall–Kier alpha value is -1.57. The Bertz CT molecular complexity index is 449. The van der Waals surface area contributed by atoms with E-state index in [9.17, 15) is 0 Å². The molecule has 0 spiro atoms. The van der Waals surface area contributed by atoms with Gasteiger partial charge < -0.3 is 14.8 Å². The fourth-order valence-electron chi connectivity index (χ4n) is 1.98. The number of methoxy groups -OCH3 is 1. The van der Waals surface area contributed by atoms with Crippen LogP contribution >= 0.6 is 0 Å². The molecule has 0 radical (unpaired) electrons. The van der Waals surface area contributed by atoms with Crippen LogP contribution in [-0.4, -0.2) is 26.9 Å². The van der Waals surface area contributed by atoms with Crippen molar-refractivity contribution in [2.45, 2.75) is 33.2 Å². The smallest absolute Gasteiger partial charge is 0.174 e. The predicted octanol–water partition coefficient (Wildman–Crippen LogP) is 3.30. The molecule has 1 aromatic rings. The molecule has 0 saturated carbocycles. The van der Waals surface area contributed by atoms with Gasteiger partial charge in [0, 0.05) is 26.3 Å². The molecule has 1 atom stereocenters. The van der Waals surface area contributed by atoms with Crippen molar-refractivity contribution < 1.29 is 9.47 Å². The summed E-state index contributed by atoms with van der Waals surface area (Å²) in [6.45, 7) is 8.44. The number of nitrogens with one attached hydrogen (secondary N) is 1. The Labute approximate surface area is 128 Å². The fourth-order valence-corrected chi connectivity index (χ4v) is 1.98. The first-order chi connectivity index (χ1) is 9.98. The van der Waals surface area contributed by atoms with Crippen LogP contribution in [0.1, 0.15) is 38.8 Å². The number of hydrogen-bond donors (Lipinski definition) is 1. The minimum atomic E-state index is 0.0842. The zero-order valence-corrected chi connectivity index (χ0v) is 13.5. The lowest BCUT2D eigenvalue weighted by atomic mass is 9.89. The normalized spacial score (nSPS) is 12.7. The van der Waals surface area contributed by atoms with Gasteiger partial charge in [0.05, 0.1) is 0 Å². The maximum absolute atomic E-state index is 8.48. The summed E-state index contributed by atoms with van der Waals surface area (Å²) in [6.07, 6.45) is 1.03. The van der Waals surface area contributed by atoms with E-state index in [0.717, 1.165) is 25.3 Å². The Kier molecular flexibility index (Phi) is 7.21. The van der Waals surface area contributed by atoms with E-state index in [0.29, 0.717) is 0 Å². The van der Waals surface area contributed by atoms with Gasteiger partial charge in [0.25, 0.3) is 0 Å². The van der Waals surface area contributed by atoms with Gasteiger partial charge in [0.2, 0.25) is 0 Å². The lowest BCUT2D eigenvalue weighted by Gasteiger charge is -2.27.